The largest absolute Gasteiger partial charge is 0.497 e. The first kappa shape index (κ1) is 19.7. The Labute approximate surface area is 183 Å². The maximum Gasteiger partial charge on any atom is 0.292 e. The fraction of sp³-hybridized carbons (Fsp3) is 0.120. The van der Waals surface area contributed by atoms with E-state index in [4.69, 9.17) is 13.9 Å². The van der Waals surface area contributed by atoms with E-state index in [1.165, 1.54) is 0 Å². The summed E-state index contributed by atoms with van der Waals surface area (Å²) in [6, 6.07) is 20.1. The number of benzene rings is 3. The van der Waals surface area contributed by atoms with Crippen molar-refractivity contribution in [1.82, 2.24) is 0 Å². The van der Waals surface area contributed by atoms with Crippen molar-refractivity contribution in [2.45, 2.75) is 13.0 Å². The topological polar surface area (TPSA) is 89.8 Å². The van der Waals surface area contributed by atoms with E-state index in [1.807, 2.05) is 42.5 Å². The average Bonchev–Trinajstić information content (AvgIpc) is 3.19. The van der Waals surface area contributed by atoms with Crippen LogP contribution in [0.5, 0.6) is 11.5 Å². The van der Waals surface area contributed by atoms with Crippen LogP contribution >= 0.6 is 0 Å². The van der Waals surface area contributed by atoms with Gasteiger partial charge in [-0.25, -0.2) is 0 Å². The molecule has 0 fully saturated rings. The standard InChI is InChI=1S/C25H20N2O5/c1-14-24(28)27-19-12-16(8-11-20(19)31-14)26-25(29)23-22(15-6-4-3-5-7-15)18-10-9-17(30-2)13-21(18)32-23/h3-14H,1-2H3,(H,26,29)(H,27,28). The number of carbonyl (C=O) groups is 2. The Morgan fingerprint density at radius 3 is 2.66 bits per heavy atom. The maximum atomic E-state index is 13.3. The number of carbonyl (C=O) groups excluding carboxylic acids is 2. The van der Waals surface area contributed by atoms with Crippen molar-refractivity contribution >= 4 is 34.2 Å². The maximum absolute atomic E-state index is 13.3. The molecule has 0 spiro atoms. The van der Waals surface area contributed by atoms with Gasteiger partial charge in [0.2, 0.25) is 5.76 Å². The summed E-state index contributed by atoms with van der Waals surface area (Å²) < 4.78 is 16.9. The highest BCUT2D eigenvalue weighted by Crippen LogP contribution is 2.37. The fourth-order valence-corrected chi connectivity index (χ4v) is 3.73. The zero-order valence-corrected chi connectivity index (χ0v) is 17.5. The van der Waals surface area contributed by atoms with Gasteiger partial charge < -0.3 is 24.5 Å². The van der Waals surface area contributed by atoms with E-state index in [9.17, 15) is 9.59 Å². The molecule has 7 heteroatoms. The highest BCUT2D eigenvalue weighted by molar-refractivity contribution is 6.13. The molecule has 3 aromatic carbocycles. The predicted molar refractivity (Wildman–Crippen MR) is 121 cm³/mol. The average molecular weight is 428 g/mol. The molecule has 1 atom stereocenters. The molecule has 1 unspecified atom stereocenters. The van der Waals surface area contributed by atoms with E-state index in [2.05, 4.69) is 10.6 Å². The Morgan fingerprint density at radius 2 is 1.88 bits per heavy atom. The third-order valence-corrected chi connectivity index (χ3v) is 5.33. The van der Waals surface area contributed by atoms with Crippen LogP contribution < -0.4 is 20.1 Å². The second-order valence-electron chi connectivity index (χ2n) is 7.45. The lowest BCUT2D eigenvalue weighted by Gasteiger charge is -2.23. The first-order chi connectivity index (χ1) is 15.5. The summed E-state index contributed by atoms with van der Waals surface area (Å²) in [6.07, 6.45) is -0.566. The lowest BCUT2D eigenvalue weighted by molar-refractivity contribution is -0.122. The minimum Gasteiger partial charge on any atom is -0.497 e. The van der Waals surface area contributed by atoms with E-state index in [0.29, 0.717) is 34.0 Å². The van der Waals surface area contributed by atoms with Gasteiger partial charge in [-0.15, -0.1) is 0 Å². The number of fused-ring (bicyclic) bond motifs is 2. The minimum absolute atomic E-state index is 0.186. The molecule has 2 N–H and O–H groups in total. The molecule has 0 radical (unpaired) electrons. The molecular weight excluding hydrogens is 408 g/mol. The van der Waals surface area contributed by atoms with Crippen LogP contribution in [0.4, 0.5) is 11.4 Å². The van der Waals surface area contributed by atoms with Gasteiger partial charge in [0.1, 0.15) is 17.1 Å². The second kappa shape index (κ2) is 7.77. The molecule has 1 aliphatic rings. The first-order valence-corrected chi connectivity index (χ1v) is 10.1. The van der Waals surface area contributed by atoms with Gasteiger partial charge in [-0.2, -0.15) is 0 Å². The molecule has 0 saturated carbocycles. The van der Waals surface area contributed by atoms with Crippen LogP contribution in [0.1, 0.15) is 17.5 Å². The van der Waals surface area contributed by atoms with Gasteiger partial charge in [0.15, 0.2) is 6.10 Å². The van der Waals surface area contributed by atoms with E-state index >= 15 is 0 Å². The highest BCUT2D eigenvalue weighted by atomic mass is 16.5. The third kappa shape index (κ3) is 3.43. The molecule has 0 saturated heterocycles. The zero-order chi connectivity index (χ0) is 22.2. The Hall–Kier alpha value is -4.26. The Bertz CT molecular complexity index is 1340. The summed E-state index contributed by atoms with van der Waals surface area (Å²) in [7, 11) is 1.58. The Kier molecular flexibility index (Phi) is 4.78. The summed E-state index contributed by atoms with van der Waals surface area (Å²) in [4.78, 5) is 25.2. The van der Waals surface area contributed by atoms with Crippen LogP contribution in [0.15, 0.2) is 71.1 Å². The minimum atomic E-state index is -0.566. The Morgan fingerprint density at radius 1 is 1.06 bits per heavy atom. The number of hydrogen-bond donors (Lipinski definition) is 2. The molecular formula is C25H20N2O5. The SMILES string of the molecule is COc1ccc2c(-c3ccccc3)c(C(=O)Nc3ccc4c(c3)NC(=O)C(C)O4)oc2c1. The number of nitrogens with one attached hydrogen (secondary N) is 2. The number of ether oxygens (including phenoxy) is 2. The van der Waals surface area contributed by atoms with Gasteiger partial charge in [-0.1, -0.05) is 30.3 Å². The second-order valence-corrected chi connectivity index (χ2v) is 7.45. The highest BCUT2D eigenvalue weighted by Gasteiger charge is 2.25. The smallest absolute Gasteiger partial charge is 0.292 e. The van der Waals surface area contributed by atoms with E-state index in [-0.39, 0.29) is 11.7 Å². The van der Waals surface area contributed by atoms with Crippen LogP contribution in [-0.4, -0.2) is 25.0 Å². The van der Waals surface area contributed by atoms with Crippen molar-refractivity contribution in [3.05, 3.63) is 72.5 Å². The fourth-order valence-electron chi connectivity index (χ4n) is 3.73. The summed E-state index contributed by atoms with van der Waals surface area (Å²) in [5.41, 5.74) is 3.12. The van der Waals surface area contributed by atoms with Gasteiger partial charge in [0, 0.05) is 22.7 Å². The number of methoxy groups -OCH3 is 1. The molecule has 5 rings (SSSR count). The molecule has 7 nitrogen and oxygen atoms in total. The van der Waals surface area contributed by atoms with E-state index < -0.39 is 12.0 Å². The molecule has 1 aliphatic heterocycles. The number of hydrogen-bond acceptors (Lipinski definition) is 5. The van der Waals surface area contributed by atoms with E-state index in [0.717, 1.165) is 10.9 Å². The summed E-state index contributed by atoms with van der Waals surface area (Å²) >= 11 is 0. The van der Waals surface area contributed by atoms with Crippen LogP contribution in [0.2, 0.25) is 0 Å². The van der Waals surface area contributed by atoms with Crippen LogP contribution in [-0.2, 0) is 4.79 Å². The predicted octanol–water partition coefficient (Wildman–Crippen LogP) is 5.08. The van der Waals surface area contributed by atoms with Gasteiger partial charge in [-0.3, -0.25) is 9.59 Å². The molecule has 1 aromatic heterocycles. The summed E-state index contributed by atoms with van der Waals surface area (Å²) in [6.45, 7) is 1.68. The van der Waals surface area contributed by atoms with Crippen molar-refractivity contribution in [2.24, 2.45) is 0 Å². The third-order valence-electron chi connectivity index (χ3n) is 5.33. The number of amides is 2. The monoisotopic (exact) mass is 428 g/mol. The first-order valence-electron chi connectivity index (χ1n) is 10.1. The summed E-state index contributed by atoms with van der Waals surface area (Å²) in [5, 5.41) is 6.45. The zero-order valence-electron chi connectivity index (χ0n) is 17.5. The summed E-state index contributed by atoms with van der Waals surface area (Å²) in [5.74, 6) is 0.730. The van der Waals surface area contributed by atoms with Crippen molar-refractivity contribution in [1.29, 1.82) is 0 Å². The van der Waals surface area contributed by atoms with Crippen LogP contribution in [0.3, 0.4) is 0 Å². The van der Waals surface area contributed by atoms with Gasteiger partial charge >= 0.3 is 0 Å². The molecule has 0 aliphatic carbocycles. The molecule has 160 valence electrons. The van der Waals surface area contributed by atoms with Gasteiger partial charge in [0.05, 0.1) is 12.8 Å². The van der Waals surface area contributed by atoms with E-state index in [1.54, 1.807) is 38.3 Å². The van der Waals surface area contributed by atoms with Crippen molar-refractivity contribution in [3.63, 3.8) is 0 Å². The number of anilines is 2. The van der Waals surface area contributed by atoms with Gasteiger partial charge in [-0.05, 0) is 42.8 Å². The number of furan rings is 1. The van der Waals surface area contributed by atoms with Crippen LogP contribution in [0, 0.1) is 0 Å². The quantitative estimate of drug-likeness (QED) is 0.473. The van der Waals surface area contributed by atoms with Crippen molar-refractivity contribution < 1.29 is 23.5 Å². The molecule has 0 bridgehead atoms. The molecule has 4 aromatic rings. The van der Waals surface area contributed by atoms with Gasteiger partial charge in [0.25, 0.3) is 11.8 Å². The normalized spacial score (nSPS) is 14.9. The van der Waals surface area contributed by atoms with Crippen molar-refractivity contribution in [2.75, 3.05) is 17.7 Å². The van der Waals surface area contributed by atoms with Crippen molar-refractivity contribution in [3.8, 4) is 22.6 Å². The Balaban J connectivity index is 1.54. The lowest BCUT2D eigenvalue weighted by atomic mass is 10.0. The lowest BCUT2D eigenvalue weighted by Crippen LogP contribution is -2.34. The molecule has 32 heavy (non-hydrogen) atoms. The van der Waals surface area contributed by atoms with Crippen LogP contribution in [0.25, 0.3) is 22.1 Å². The number of rotatable bonds is 4. The molecule has 2 heterocycles. The molecule has 2 amide bonds.